The number of rotatable bonds is 7. The van der Waals surface area contributed by atoms with Gasteiger partial charge < -0.3 is 10.2 Å². The molecule has 0 amide bonds. The molecule has 16 heavy (non-hydrogen) atoms. The summed E-state index contributed by atoms with van der Waals surface area (Å²) in [7, 11) is 2.31. The van der Waals surface area contributed by atoms with Crippen LogP contribution in [0.5, 0.6) is 0 Å². The highest BCUT2D eigenvalue weighted by Crippen LogP contribution is 2.18. The van der Waals surface area contributed by atoms with Gasteiger partial charge in [-0.3, -0.25) is 0 Å². The largest absolute Gasteiger partial charge is 0.314 e. The van der Waals surface area contributed by atoms with Crippen LogP contribution >= 0.6 is 0 Å². The zero-order valence-electron chi connectivity index (χ0n) is 11.5. The Morgan fingerprint density at radius 1 is 1.19 bits per heavy atom. The van der Waals surface area contributed by atoms with Crippen LogP contribution in [-0.2, 0) is 0 Å². The highest BCUT2D eigenvalue weighted by atomic mass is 15.1. The highest BCUT2D eigenvalue weighted by molar-refractivity contribution is 4.83. The monoisotopic (exact) mass is 226 g/mol. The molecule has 0 aromatic heterocycles. The fourth-order valence-corrected chi connectivity index (χ4v) is 2.64. The van der Waals surface area contributed by atoms with Crippen molar-refractivity contribution in [2.45, 2.75) is 70.9 Å². The van der Waals surface area contributed by atoms with Gasteiger partial charge in [0, 0.05) is 12.1 Å². The molecule has 0 bridgehead atoms. The Balaban J connectivity index is 2.25. The first kappa shape index (κ1) is 14.0. The van der Waals surface area contributed by atoms with E-state index in [-0.39, 0.29) is 0 Å². The summed E-state index contributed by atoms with van der Waals surface area (Å²) in [4.78, 5) is 2.59. The van der Waals surface area contributed by atoms with Crippen LogP contribution in [0.15, 0.2) is 0 Å². The summed E-state index contributed by atoms with van der Waals surface area (Å²) in [6, 6.07) is 1.61. The van der Waals surface area contributed by atoms with E-state index in [1.807, 2.05) is 0 Å². The van der Waals surface area contributed by atoms with Crippen molar-refractivity contribution < 1.29 is 0 Å². The van der Waals surface area contributed by atoms with Crippen molar-refractivity contribution in [3.05, 3.63) is 0 Å². The van der Waals surface area contributed by atoms with Crippen molar-refractivity contribution in [2.75, 3.05) is 20.1 Å². The van der Waals surface area contributed by atoms with E-state index < -0.39 is 0 Å². The third kappa shape index (κ3) is 4.84. The predicted octanol–water partition coefficient (Wildman–Crippen LogP) is 3.03. The lowest BCUT2D eigenvalue weighted by Crippen LogP contribution is -2.46. The molecule has 2 heteroatoms. The van der Waals surface area contributed by atoms with Gasteiger partial charge in [0.25, 0.3) is 0 Å². The first-order valence-electron chi connectivity index (χ1n) is 7.21. The highest BCUT2D eigenvalue weighted by Gasteiger charge is 2.23. The Hall–Kier alpha value is -0.0800. The maximum absolute atomic E-state index is 3.67. The Morgan fingerprint density at radius 3 is 2.62 bits per heavy atom. The van der Waals surface area contributed by atoms with Gasteiger partial charge in [-0.25, -0.2) is 0 Å². The summed E-state index contributed by atoms with van der Waals surface area (Å²) in [6.45, 7) is 7.06. The summed E-state index contributed by atoms with van der Waals surface area (Å²) in [6.07, 6.45) is 9.43. The van der Waals surface area contributed by atoms with Crippen molar-refractivity contribution in [2.24, 2.45) is 0 Å². The molecule has 96 valence electrons. The van der Waals surface area contributed by atoms with Crippen LogP contribution < -0.4 is 5.32 Å². The smallest absolute Gasteiger partial charge is 0.0119 e. The Kier molecular flexibility index (Phi) is 7.06. The minimum atomic E-state index is 0.780. The summed E-state index contributed by atoms with van der Waals surface area (Å²) in [5.41, 5.74) is 0. The van der Waals surface area contributed by atoms with E-state index in [0.29, 0.717) is 0 Å². The van der Waals surface area contributed by atoms with Crippen molar-refractivity contribution in [1.82, 2.24) is 10.2 Å². The molecule has 0 aromatic rings. The molecule has 2 atom stereocenters. The summed E-state index contributed by atoms with van der Waals surface area (Å²) >= 11 is 0. The third-order valence-corrected chi connectivity index (χ3v) is 3.86. The van der Waals surface area contributed by atoms with E-state index in [1.165, 1.54) is 58.0 Å². The van der Waals surface area contributed by atoms with Crippen LogP contribution in [0.1, 0.15) is 58.8 Å². The summed E-state index contributed by atoms with van der Waals surface area (Å²) in [5, 5.41) is 3.67. The number of nitrogens with zero attached hydrogens (tertiary/aromatic N) is 1. The molecule has 1 N–H and O–H groups in total. The van der Waals surface area contributed by atoms with Crippen molar-refractivity contribution in [3.8, 4) is 0 Å². The van der Waals surface area contributed by atoms with Gasteiger partial charge in [0.2, 0.25) is 0 Å². The molecule has 0 radical (unpaired) electrons. The van der Waals surface area contributed by atoms with E-state index in [4.69, 9.17) is 0 Å². The zero-order chi connectivity index (χ0) is 11.8. The Morgan fingerprint density at radius 2 is 1.94 bits per heavy atom. The minimum absolute atomic E-state index is 0.780. The molecule has 1 saturated heterocycles. The van der Waals surface area contributed by atoms with E-state index >= 15 is 0 Å². The average molecular weight is 226 g/mol. The van der Waals surface area contributed by atoms with Gasteiger partial charge >= 0.3 is 0 Å². The van der Waals surface area contributed by atoms with Crippen LogP contribution in [0.3, 0.4) is 0 Å². The number of piperidine rings is 1. The summed E-state index contributed by atoms with van der Waals surface area (Å²) < 4.78 is 0. The maximum Gasteiger partial charge on any atom is 0.0119 e. The molecular weight excluding hydrogens is 196 g/mol. The molecule has 2 unspecified atom stereocenters. The van der Waals surface area contributed by atoms with Gasteiger partial charge in [-0.15, -0.1) is 0 Å². The molecule has 1 heterocycles. The SMILES string of the molecule is CCCCC1CC(N(C)CCCC)CCN1. The topological polar surface area (TPSA) is 15.3 Å². The molecule has 0 saturated carbocycles. The lowest BCUT2D eigenvalue weighted by Gasteiger charge is -2.36. The van der Waals surface area contributed by atoms with Gasteiger partial charge in [0.1, 0.15) is 0 Å². The van der Waals surface area contributed by atoms with E-state index in [1.54, 1.807) is 0 Å². The van der Waals surface area contributed by atoms with Crippen LogP contribution in [0, 0.1) is 0 Å². The summed E-state index contributed by atoms with van der Waals surface area (Å²) in [5.74, 6) is 0. The predicted molar refractivity (Wildman–Crippen MR) is 71.9 cm³/mol. The Bertz CT molecular complexity index is 164. The van der Waals surface area contributed by atoms with Gasteiger partial charge in [-0.2, -0.15) is 0 Å². The average Bonchev–Trinajstić information content (AvgIpc) is 2.33. The maximum atomic E-state index is 3.67. The van der Waals surface area contributed by atoms with Crippen LogP contribution in [-0.4, -0.2) is 37.1 Å². The molecule has 1 rings (SSSR count). The van der Waals surface area contributed by atoms with Crippen LogP contribution in [0.25, 0.3) is 0 Å². The second kappa shape index (κ2) is 8.08. The minimum Gasteiger partial charge on any atom is -0.314 e. The standard InChI is InChI=1S/C14H30N2/c1-4-6-8-13-12-14(9-10-15-13)16(3)11-7-5-2/h13-15H,4-12H2,1-3H3. The van der Waals surface area contributed by atoms with E-state index in [0.717, 1.165) is 12.1 Å². The van der Waals surface area contributed by atoms with Gasteiger partial charge in [0.15, 0.2) is 0 Å². The number of unbranched alkanes of at least 4 members (excludes halogenated alkanes) is 2. The molecule has 1 aliphatic heterocycles. The van der Waals surface area contributed by atoms with Crippen molar-refractivity contribution in [1.29, 1.82) is 0 Å². The molecular formula is C14H30N2. The second-order valence-corrected chi connectivity index (χ2v) is 5.31. The lowest BCUT2D eigenvalue weighted by molar-refractivity contribution is 0.169. The van der Waals surface area contributed by atoms with Crippen molar-refractivity contribution >= 4 is 0 Å². The normalized spacial score (nSPS) is 26.2. The van der Waals surface area contributed by atoms with Crippen LogP contribution in [0.2, 0.25) is 0 Å². The number of hydrogen-bond donors (Lipinski definition) is 1. The second-order valence-electron chi connectivity index (χ2n) is 5.31. The molecule has 1 aliphatic rings. The van der Waals surface area contributed by atoms with E-state index in [2.05, 4.69) is 31.1 Å². The molecule has 1 fully saturated rings. The third-order valence-electron chi connectivity index (χ3n) is 3.86. The quantitative estimate of drug-likeness (QED) is 0.718. The zero-order valence-corrected chi connectivity index (χ0v) is 11.5. The van der Waals surface area contributed by atoms with E-state index in [9.17, 15) is 0 Å². The first-order chi connectivity index (χ1) is 7.77. The van der Waals surface area contributed by atoms with Crippen LogP contribution in [0.4, 0.5) is 0 Å². The molecule has 2 nitrogen and oxygen atoms in total. The molecule has 0 spiro atoms. The Labute approximate surface area is 102 Å². The van der Waals surface area contributed by atoms with Gasteiger partial charge in [-0.05, 0) is 45.8 Å². The molecule has 0 aromatic carbocycles. The van der Waals surface area contributed by atoms with Gasteiger partial charge in [-0.1, -0.05) is 33.1 Å². The van der Waals surface area contributed by atoms with Gasteiger partial charge in [0.05, 0.1) is 0 Å². The molecule has 0 aliphatic carbocycles. The number of nitrogens with one attached hydrogen (secondary N) is 1. The lowest BCUT2D eigenvalue weighted by atomic mass is 9.94. The fraction of sp³-hybridized carbons (Fsp3) is 1.00. The first-order valence-corrected chi connectivity index (χ1v) is 7.21. The van der Waals surface area contributed by atoms with Crippen molar-refractivity contribution in [3.63, 3.8) is 0 Å². The number of hydrogen-bond acceptors (Lipinski definition) is 2. The fourth-order valence-electron chi connectivity index (χ4n) is 2.64.